The van der Waals surface area contributed by atoms with Crippen LogP contribution >= 0.6 is 0 Å². The minimum absolute atomic E-state index is 0.111. The van der Waals surface area contributed by atoms with Gasteiger partial charge >= 0.3 is 0 Å². The van der Waals surface area contributed by atoms with Crippen LogP contribution in [0, 0.1) is 23.2 Å². The fraction of sp³-hybridized carbons (Fsp3) is 0.905. The van der Waals surface area contributed by atoms with Crippen molar-refractivity contribution in [1.29, 1.82) is 0 Å². The number of nitrogens with one attached hydrogen (secondary N) is 1. The molecule has 26 heavy (non-hydrogen) atoms. The van der Waals surface area contributed by atoms with Gasteiger partial charge in [0.25, 0.3) is 0 Å². The van der Waals surface area contributed by atoms with E-state index in [1.165, 1.54) is 19.3 Å². The molecule has 2 amide bonds. The van der Waals surface area contributed by atoms with Gasteiger partial charge in [-0.25, -0.2) is 0 Å². The van der Waals surface area contributed by atoms with Gasteiger partial charge in [0.15, 0.2) is 0 Å². The molecule has 4 aliphatic carbocycles. The van der Waals surface area contributed by atoms with E-state index in [-0.39, 0.29) is 23.3 Å². The SMILES string of the molecule is CCN(C[C@H]1CCCO1)C(=O)CCNC(=O)C12CC3CC(CC(C3)C1)C2. The van der Waals surface area contributed by atoms with Gasteiger partial charge in [-0.1, -0.05) is 0 Å². The molecule has 4 bridgehead atoms. The molecule has 1 aliphatic heterocycles. The Kier molecular flexibility index (Phi) is 5.27. The second-order valence-corrected chi connectivity index (χ2v) is 9.27. The normalized spacial score (nSPS) is 37.7. The molecule has 5 rings (SSSR count). The highest BCUT2D eigenvalue weighted by atomic mass is 16.5. The second kappa shape index (κ2) is 7.49. The van der Waals surface area contributed by atoms with Crippen LogP contribution in [-0.2, 0) is 14.3 Å². The van der Waals surface area contributed by atoms with Crippen LogP contribution in [0.3, 0.4) is 0 Å². The smallest absolute Gasteiger partial charge is 0.226 e. The van der Waals surface area contributed by atoms with Gasteiger partial charge in [0, 0.05) is 38.1 Å². The van der Waals surface area contributed by atoms with Gasteiger partial charge in [0.2, 0.25) is 11.8 Å². The third-order valence-corrected chi connectivity index (χ3v) is 7.33. The molecule has 5 heteroatoms. The summed E-state index contributed by atoms with van der Waals surface area (Å²) in [4.78, 5) is 27.3. The maximum atomic E-state index is 12.9. The number of hydrogen-bond acceptors (Lipinski definition) is 3. The van der Waals surface area contributed by atoms with Crippen molar-refractivity contribution in [2.75, 3.05) is 26.2 Å². The molecule has 0 spiro atoms. The maximum Gasteiger partial charge on any atom is 0.226 e. The Morgan fingerprint density at radius 1 is 1.12 bits per heavy atom. The zero-order chi connectivity index (χ0) is 18.1. The van der Waals surface area contributed by atoms with Crippen molar-refractivity contribution in [1.82, 2.24) is 10.2 Å². The average molecular weight is 363 g/mol. The highest BCUT2D eigenvalue weighted by molar-refractivity contribution is 5.84. The first-order valence-electron chi connectivity index (χ1n) is 10.8. The molecule has 4 saturated carbocycles. The number of amides is 2. The molecule has 0 aromatic rings. The zero-order valence-electron chi connectivity index (χ0n) is 16.2. The summed E-state index contributed by atoms with van der Waals surface area (Å²) < 4.78 is 5.65. The lowest BCUT2D eigenvalue weighted by atomic mass is 9.49. The molecule has 0 radical (unpaired) electrons. The number of rotatable bonds is 7. The summed E-state index contributed by atoms with van der Waals surface area (Å²) in [7, 11) is 0. The lowest BCUT2D eigenvalue weighted by Gasteiger charge is -2.55. The van der Waals surface area contributed by atoms with Gasteiger partial charge in [-0.2, -0.15) is 0 Å². The molecule has 0 aromatic heterocycles. The molecule has 5 aliphatic rings. The van der Waals surface area contributed by atoms with Crippen molar-refractivity contribution in [2.45, 2.75) is 70.8 Å². The number of ether oxygens (including phenoxy) is 1. The van der Waals surface area contributed by atoms with Crippen molar-refractivity contribution in [3.63, 3.8) is 0 Å². The molecule has 0 unspecified atom stereocenters. The lowest BCUT2D eigenvalue weighted by Crippen LogP contribution is -2.53. The molecular weight excluding hydrogens is 328 g/mol. The Morgan fingerprint density at radius 2 is 1.77 bits per heavy atom. The second-order valence-electron chi connectivity index (χ2n) is 9.27. The summed E-state index contributed by atoms with van der Waals surface area (Å²) >= 11 is 0. The van der Waals surface area contributed by atoms with E-state index in [0.29, 0.717) is 26.1 Å². The monoisotopic (exact) mass is 362 g/mol. The van der Waals surface area contributed by atoms with Crippen molar-refractivity contribution in [3.8, 4) is 0 Å². The van der Waals surface area contributed by atoms with Crippen LogP contribution in [0.15, 0.2) is 0 Å². The Balaban J connectivity index is 1.25. The Labute approximate surface area is 157 Å². The summed E-state index contributed by atoms with van der Waals surface area (Å²) in [5.74, 6) is 2.68. The van der Waals surface area contributed by atoms with Crippen LogP contribution in [0.1, 0.15) is 64.7 Å². The molecule has 5 nitrogen and oxygen atoms in total. The van der Waals surface area contributed by atoms with Gasteiger partial charge in [0.1, 0.15) is 0 Å². The van der Waals surface area contributed by atoms with Crippen LogP contribution in [0.4, 0.5) is 0 Å². The molecule has 5 fully saturated rings. The lowest BCUT2D eigenvalue weighted by molar-refractivity contribution is -0.146. The minimum Gasteiger partial charge on any atom is -0.376 e. The zero-order valence-corrected chi connectivity index (χ0v) is 16.2. The summed E-state index contributed by atoms with van der Waals surface area (Å²) in [5, 5.41) is 3.13. The van der Waals surface area contributed by atoms with Gasteiger partial charge in [-0.05, 0) is 76.0 Å². The van der Waals surface area contributed by atoms with Crippen LogP contribution in [0.25, 0.3) is 0 Å². The van der Waals surface area contributed by atoms with Crippen LogP contribution in [0.2, 0.25) is 0 Å². The van der Waals surface area contributed by atoms with E-state index in [2.05, 4.69) is 5.32 Å². The minimum atomic E-state index is -0.111. The van der Waals surface area contributed by atoms with E-state index in [1.54, 1.807) is 0 Å². The third-order valence-electron chi connectivity index (χ3n) is 7.33. The summed E-state index contributed by atoms with van der Waals surface area (Å²) in [5.41, 5.74) is -0.111. The predicted octanol–water partition coefficient (Wildman–Crippen LogP) is 2.74. The summed E-state index contributed by atoms with van der Waals surface area (Å²) in [6, 6.07) is 0. The van der Waals surface area contributed by atoms with E-state index < -0.39 is 0 Å². The Hall–Kier alpha value is -1.10. The highest BCUT2D eigenvalue weighted by Gasteiger charge is 2.54. The fourth-order valence-electron chi connectivity index (χ4n) is 6.46. The van der Waals surface area contributed by atoms with E-state index in [9.17, 15) is 9.59 Å². The van der Waals surface area contributed by atoms with Gasteiger partial charge in [0.05, 0.1) is 6.10 Å². The van der Waals surface area contributed by atoms with Gasteiger partial charge < -0.3 is 15.0 Å². The van der Waals surface area contributed by atoms with Gasteiger partial charge in [-0.15, -0.1) is 0 Å². The quantitative estimate of drug-likeness (QED) is 0.758. The van der Waals surface area contributed by atoms with Crippen molar-refractivity contribution < 1.29 is 14.3 Å². The molecular formula is C21H34N2O3. The third kappa shape index (κ3) is 3.64. The largest absolute Gasteiger partial charge is 0.376 e. The number of carbonyl (C=O) groups is 2. The van der Waals surface area contributed by atoms with Crippen LogP contribution in [-0.4, -0.2) is 49.1 Å². The summed E-state index contributed by atoms with van der Waals surface area (Å²) in [6.07, 6.45) is 10.0. The first-order valence-corrected chi connectivity index (χ1v) is 10.8. The molecule has 0 aromatic carbocycles. The standard InChI is InChI=1S/C21H34N2O3/c1-2-23(14-18-4-3-7-26-18)19(24)5-6-22-20(25)21-11-15-8-16(12-21)10-17(9-15)13-21/h15-18H,2-14H2,1H3,(H,22,25)/t15?,16?,17?,18-,21?/m1/s1. The molecule has 1 heterocycles. The highest BCUT2D eigenvalue weighted by Crippen LogP contribution is 2.60. The van der Waals surface area contributed by atoms with Crippen molar-refractivity contribution >= 4 is 11.8 Å². The van der Waals surface area contributed by atoms with E-state index >= 15 is 0 Å². The maximum absolute atomic E-state index is 12.9. The van der Waals surface area contributed by atoms with Gasteiger partial charge in [-0.3, -0.25) is 9.59 Å². The average Bonchev–Trinajstić information content (AvgIpc) is 3.11. The first-order chi connectivity index (χ1) is 12.6. The Bertz CT molecular complexity index is 506. The van der Waals surface area contributed by atoms with Crippen molar-refractivity contribution in [3.05, 3.63) is 0 Å². The van der Waals surface area contributed by atoms with E-state index in [4.69, 9.17) is 4.74 Å². The van der Waals surface area contributed by atoms with Crippen molar-refractivity contribution in [2.24, 2.45) is 23.2 Å². The Morgan fingerprint density at radius 3 is 2.31 bits per heavy atom. The molecule has 146 valence electrons. The molecule has 1 N–H and O–H groups in total. The number of likely N-dealkylation sites (N-methyl/N-ethyl adjacent to an activating group) is 1. The molecule has 1 atom stereocenters. The van der Waals surface area contributed by atoms with Crippen LogP contribution in [0.5, 0.6) is 0 Å². The topological polar surface area (TPSA) is 58.6 Å². The predicted molar refractivity (Wildman–Crippen MR) is 99.5 cm³/mol. The fourth-order valence-corrected chi connectivity index (χ4v) is 6.46. The van der Waals surface area contributed by atoms with E-state index in [0.717, 1.165) is 56.5 Å². The number of nitrogens with zero attached hydrogens (tertiary/aromatic N) is 1. The molecule has 1 saturated heterocycles. The number of hydrogen-bond donors (Lipinski definition) is 1. The first kappa shape index (κ1) is 18.3. The summed E-state index contributed by atoms with van der Waals surface area (Å²) in [6.45, 7) is 4.71. The van der Waals surface area contributed by atoms with Crippen LogP contribution < -0.4 is 5.32 Å². The number of carbonyl (C=O) groups excluding carboxylic acids is 2. The van der Waals surface area contributed by atoms with E-state index in [1.807, 2.05) is 11.8 Å².